The molecule has 0 saturated carbocycles. The van der Waals surface area contributed by atoms with Crippen molar-refractivity contribution in [3.8, 4) is 0 Å². The second-order valence-corrected chi connectivity index (χ2v) is 5.14. The first kappa shape index (κ1) is 14.5. The van der Waals surface area contributed by atoms with Gasteiger partial charge in [-0.1, -0.05) is 41.9 Å². The minimum Gasteiger partial charge on any atom is -0.299 e. The molecule has 2 nitrogen and oxygen atoms in total. The summed E-state index contributed by atoms with van der Waals surface area (Å²) < 4.78 is 0. The molecule has 102 valence electrons. The molecule has 2 aromatic rings. The van der Waals surface area contributed by atoms with E-state index in [1.807, 2.05) is 30.3 Å². The third-order valence-electron chi connectivity index (χ3n) is 3.25. The maximum absolute atomic E-state index is 12.2. The van der Waals surface area contributed by atoms with Crippen LogP contribution in [-0.2, 0) is 4.79 Å². The number of hydrogen-bond donors (Lipinski definition) is 0. The maximum Gasteiger partial charge on any atom is 0.163 e. The predicted molar refractivity (Wildman–Crippen MR) is 80.3 cm³/mol. The first-order valence-corrected chi connectivity index (χ1v) is 6.80. The molecule has 0 bridgehead atoms. The zero-order chi connectivity index (χ0) is 14.5. The molecule has 0 aliphatic heterocycles. The van der Waals surface area contributed by atoms with Crippen LogP contribution in [0.2, 0.25) is 5.02 Å². The van der Waals surface area contributed by atoms with E-state index in [0.717, 1.165) is 5.56 Å². The summed E-state index contributed by atoms with van der Waals surface area (Å²) in [6.45, 7) is 1.52. The second kappa shape index (κ2) is 6.49. The fraction of sp³-hybridized carbons (Fsp3) is 0.176. The Hall–Kier alpha value is -1.93. The zero-order valence-electron chi connectivity index (χ0n) is 11.2. The van der Waals surface area contributed by atoms with Crippen molar-refractivity contribution in [3.05, 3.63) is 70.7 Å². The van der Waals surface area contributed by atoms with Gasteiger partial charge in [0.15, 0.2) is 5.78 Å². The molecule has 0 radical (unpaired) electrons. The molecule has 0 spiro atoms. The van der Waals surface area contributed by atoms with Crippen molar-refractivity contribution in [1.82, 2.24) is 0 Å². The third-order valence-corrected chi connectivity index (χ3v) is 3.50. The Morgan fingerprint density at radius 1 is 1.00 bits per heavy atom. The standard InChI is InChI=1S/C17H15ClO2/c1-12(19)16(13-5-3-2-4-6-13)11-17(20)14-7-9-15(18)10-8-14/h2-10,16H,11H2,1H3/t16-/m0/s1. The third kappa shape index (κ3) is 3.55. The summed E-state index contributed by atoms with van der Waals surface area (Å²) in [7, 11) is 0. The number of hydrogen-bond acceptors (Lipinski definition) is 2. The molecule has 1 atom stereocenters. The molecule has 0 aliphatic rings. The second-order valence-electron chi connectivity index (χ2n) is 4.71. The lowest BCUT2D eigenvalue weighted by Crippen LogP contribution is -2.14. The van der Waals surface area contributed by atoms with Crippen LogP contribution in [0.15, 0.2) is 54.6 Å². The highest BCUT2D eigenvalue weighted by Crippen LogP contribution is 2.23. The van der Waals surface area contributed by atoms with Gasteiger partial charge >= 0.3 is 0 Å². The summed E-state index contributed by atoms with van der Waals surface area (Å²) in [4.78, 5) is 24.0. The van der Waals surface area contributed by atoms with Crippen molar-refractivity contribution in [2.45, 2.75) is 19.3 Å². The number of ketones is 2. The number of carbonyl (C=O) groups excluding carboxylic acids is 2. The largest absolute Gasteiger partial charge is 0.299 e. The predicted octanol–water partition coefficient (Wildman–Crippen LogP) is 4.29. The number of halogens is 1. The summed E-state index contributed by atoms with van der Waals surface area (Å²) in [5.74, 6) is -0.441. The highest BCUT2D eigenvalue weighted by atomic mass is 35.5. The van der Waals surface area contributed by atoms with Crippen molar-refractivity contribution >= 4 is 23.2 Å². The Kier molecular flexibility index (Phi) is 4.70. The van der Waals surface area contributed by atoms with Gasteiger partial charge in [-0.15, -0.1) is 0 Å². The summed E-state index contributed by atoms with van der Waals surface area (Å²) in [5.41, 5.74) is 1.46. The molecule has 0 N–H and O–H groups in total. The summed E-state index contributed by atoms with van der Waals surface area (Å²) in [6, 6.07) is 16.1. The lowest BCUT2D eigenvalue weighted by Gasteiger charge is -2.13. The Bertz CT molecular complexity index is 603. The van der Waals surface area contributed by atoms with E-state index >= 15 is 0 Å². The van der Waals surface area contributed by atoms with Crippen LogP contribution in [0, 0.1) is 0 Å². The van der Waals surface area contributed by atoms with Gasteiger partial charge in [0.05, 0.1) is 0 Å². The molecule has 0 amide bonds. The van der Waals surface area contributed by atoms with Crippen LogP contribution in [0.5, 0.6) is 0 Å². The van der Waals surface area contributed by atoms with Crippen molar-refractivity contribution < 1.29 is 9.59 Å². The van der Waals surface area contributed by atoms with Crippen LogP contribution < -0.4 is 0 Å². The first-order valence-electron chi connectivity index (χ1n) is 6.42. The SMILES string of the molecule is CC(=O)[C@H](CC(=O)c1ccc(Cl)cc1)c1ccccc1. The van der Waals surface area contributed by atoms with E-state index in [0.29, 0.717) is 10.6 Å². The molecule has 2 rings (SSSR count). The van der Waals surface area contributed by atoms with E-state index in [1.165, 1.54) is 6.92 Å². The fourth-order valence-corrected chi connectivity index (χ4v) is 2.25. The topological polar surface area (TPSA) is 34.1 Å². The number of benzene rings is 2. The molecule has 0 fully saturated rings. The molecular formula is C17H15ClO2. The van der Waals surface area contributed by atoms with Gasteiger partial charge in [0.2, 0.25) is 0 Å². The Balaban J connectivity index is 2.19. The van der Waals surface area contributed by atoms with E-state index in [-0.39, 0.29) is 23.9 Å². The molecule has 3 heteroatoms. The Morgan fingerprint density at radius 3 is 2.15 bits per heavy atom. The summed E-state index contributed by atoms with van der Waals surface area (Å²) >= 11 is 5.80. The van der Waals surface area contributed by atoms with Gasteiger partial charge in [0.1, 0.15) is 5.78 Å². The number of carbonyl (C=O) groups is 2. The molecule has 0 aromatic heterocycles. The van der Waals surface area contributed by atoms with E-state index < -0.39 is 0 Å². The van der Waals surface area contributed by atoms with Crippen LogP contribution in [0.1, 0.15) is 35.2 Å². The van der Waals surface area contributed by atoms with Crippen LogP contribution in [0.4, 0.5) is 0 Å². The van der Waals surface area contributed by atoms with Gasteiger partial charge in [-0.2, -0.15) is 0 Å². The Morgan fingerprint density at radius 2 is 1.60 bits per heavy atom. The minimum absolute atomic E-state index is 0.00138. The number of rotatable bonds is 5. The highest BCUT2D eigenvalue weighted by Gasteiger charge is 2.21. The summed E-state index contributed by atoms with van der Waals surface area (Å²) in [6.07, 6.45) is 0.182. The van der Waals surface area contributed by atoms with Crippen LogP contribution >= 0.6 is 11.6 Å². The van der Waals surface area contributed by atoms with Gasteiger partial charge in [-0.05, 0) is 36.8 Å². The average Bonchev–Trinajstić information content (AvgIpc) is 2.46. The monoisotopic (exact) mass is 286 g/mol. The molecule has 0 aliphatic carbocycles. The molecule has 2 aromatic carbocycles. The van der Waals surface area contributed by atoms with E-state index in [9.17, 15) is 9.59 Å². The first-order chi connectivity index (χ1) is 9.58. The zero-order valence-corrected chi connectivity index (χ0v) is 11.9. The van der Waals surface area contributed by atoms with Crippen LogP contribution in [-0.4, -0.2) is 11.6 Å². The summed E-state index contributed by atoms with van der Waals surface area (Å²) in [5, 5.41) is 0.590. The molecular weight excluding hydrogens is 272 g/mol. The average molecular weight is 287 g/mol. The quantitative estimate of drug-likeness (QED) is 0.769. The van der Waals surface area contributed by atoms with E-state index in [4.69, 9.17) is 11.6 Å². The maximum atomic E-state index is 12.2. The lowest BCUT2D eigenvalue weighted by atomic mass is 9.89. The van der Waals surface area contributed by atoms with Gasteiger partial charge < -0.3 is 0 Å². The normalized spacial score (nSPS) is 11.9. The Labute approximate surface area is 123 Å². The lowest BCUT2D eigenvalue weighted by molar-refractivity contribution is -0.118. The van der Waals surface area contributed by atoms with Crippen molar-refractivity contribution in [2.75, 3.05) is 0 Å². The van der Waals surface area contributed by atoms with Gasteiger partial charge in [0.25, 0.3) is 0 Å². The molecule has 0 unspecified atom stereocenters. The van der Waals surface area contributed by atoms with Gasteiger partial charge in [0, 0.05) is 22.9 Å². The fourth-order valence-electron chi connectivity index (χ4n) is 2.12. The van der Waals surface area contributed by atoms with Gasteiger partial charge in [-0.25, -0.2) is 0 Å². The van der Waals surface area contributed by atoms with Crippen molar-refractivity contribution in [2.24, 2.45) is 0 Å². The molecule has 0 saturated heterocycles. The van der Waals surface area contributed by atoms with Crippen LogP contribution in [0.3, 0.4) is 0 Å². The van der Waals surface area contributed by atoms with Gasteiger partial charge in [-0.3, -0.25) is 9.59 Å². The van der Waals surface area contributed by atoms with Crippen molar-refractivity contribution in [1.29, 1.82) is 0 Å². The van der Waals surface area contributed by atoms with E-state index in [2.05, 4.69) is 0 Å². The molecule has 20 heavy (non-hydrogen) atoms. The smallest absolute Gasteiger partial charge is 0.163 e. The highest BCUT2D eigenvalue weighted by molar-refractivity contribution is 6.30. The van der Waals surface area contributed by atoms with Crippen molar-refractivity contribution in [3.63, 3.8) is 0 Å². The van der Waals surface area contributed by atoms with Crippen LogP contribution in [0.25, 0.3) is 0 Å². The van der Waals surface area contributed by atoms with E-state index in [1.54, 1.807) is 24.3 Å². The molecule has 0 heterocycles. The minimum atomic E-state index is -0.389. The number of Topliss-reactive ketones (excluding diaryl/α,β-unsaturated/α-hetero) is 2.